The van der Waals surface area contributed by atoms with Crippen LogP contribution in [0.1, 0.15) is 11.1 Å². The second kappa shape index (κ2) is 9.45. The molecule has 0 aliphatic rings. The number of carbonyl (C=O) groups excluding carboxylic acids is 3. The maximum Gasteiger partial charge on any atom is 0.524 e. The molecule has 0 aromatic heterocycles. The molecular weight excluding hydrogens is 336 g/mol. The zero-order valence-electron chi connectivity index (χ0n) is 14.0. The van der Waals surface area contributed by atoms with Crippen molar-refractivity contribution in [3.05, 3.63) is 71.8 Å². The van der Waals surface area contributed by atoms with Crippen molar-refractivity contribution in [3.8, 4) is 0 Å². The van der Waals surface area contributed by atoms with Gasteiger partial charge in [0, 0.05) is 0 Å². The summed E-state index contributed by atoms with van der Waals surface area (Å²) in [7, 11) is 0. The van der Waals surface area contributed by atoms with Gasteiger partial charge < -0.3 is 20.9 Å². The van der Waals surface area contributed by atoms with Crippen molar-refractivity contribution in [2.24, 2.45) is 11.5 Å². The average molecular weight is 356 g/mol. The Kier molecular flexibility index (Phi) is 7.02. The Balaban J connectivity index is 1.79. The van der Waals surface area contributed by atoms with E-state index in [1.807, 2.05) is 12.1 Å². The highest BCUT2D eigenvalue weighted by molar-refractivity contribution is 5.91. The lowest BCUT2D eigenvalue weighted by molar-refractivity contribution is -0.147. The van der Waals surface area contributed by atoms with Crippen LogP contribution in [-0.2, 0) is 31.9 Å². The van der Waals surface area contributed by atoms with Crippen LogP contribution in [0.5, 0.6) is 0 Å². The molecule has 26 heavy (non-hydrogen) atoms. The maximum atomic E-state index is 11.8. The van der Waals surface area contributed by atoms with Crippen molar-refractivity contribution < 1.29 is 23.9 Å². The quantitative estimate of drug-likeness (QED) is 0.591. The van der Waals surface area contributed by atoms with E-state index in [0.29, 0.717) is 0 Å². The minimum Gasteiger partial charge on any atom is -0.359 e. The van der Waals surface area contributed by atoms with Gasteiger partial charge in [0.1, 0.15) is 12.1 Å². The first-order valence-corrected chi connectivity index (χ1v) is 8.02. The van der Waals surface area contributed by atoms with Gasteiger partial charge in [0.15, 0.2) is 0 Å². The van der Waals surface area contributed by atoms with Crippen LogP contribution in [0.2, 0.25) is 0 Å². The molecule has 7 heteroatoms. The van der Waals surface area contributed by atoms with E-state index >= 15 is 0 Å². The summed E-state index contributed by atoms with van der Waals surface area (Å²) in [5.74, 6) is -1.97. The van der Waals surface area contributed by atoms with Crippen LogP contribution in [0.4, 0.5) is 4.79 Å². The molecule has 0 radical (unpaired) electrons. The number of ether oxygens (including phenoxy) is 2. The molecule has 2 rings (SSSR count). The zero-order valence-corrected chi connectivity index (χ0v) is 14.0. The summed E-state index contributed by atoms with van der Waals surface area (Å²) in [5.41, 5.74) is 13.0. The van der Waals surface area contributed by atoms with Crippen LogP contribution in [0.15, 0.2) is 60.7 Å². The Bertz CT molecular complexity index is 686. The van der Waals surface area contributed by atoms with Gasteiger partial charge in [-0.05, 0) is 24.0 Å². The fourth-order valence-electron chi connectivity index (χ4n) is 2.24. The Morgan fingerprint density at radius 2 is 1.04 bits per heavy atom. The largest absolute Gasteiger partial charge is 0.524 e. The number of hydrogen-bond donors (Lipinski definition) is 2. The molecule has 0 amide bonds. The van der Waals surface area contributed by atoms with Gasteiger partial charge in [-0.15, -0.1) is 0 Å². The SMILES string of the molecule is N[C@@H](Cc1ccccc1)C(=O)OC(=O)OC(=O)[C@@H](N)Cc1ccccc1. The topological polar surface area (TPSA) is 122 Å². The molecule has 2 atom stereocenters. The molecule has 0 unspecified atom stereocenters. The second-order valence-corrected chi connectivity index (χ2v) is 5.68. The monoisotopic (exact) mass is 356 g/mol. The van der Waals surface area contributed by atoms with Crippen molar-refractivity contribution in [2.45, 2.75) is 24.9 Å². The lowest BCUT2D eigenvalue weighted by Crippen LogP contribution is -2.39. The molecule has 0 bridgehead atoms. The minimum atomic E-state index is -1.44. The van der Waals surface area contributed by atoms with Gasteiger partial charge in [0.05, 0.1) is 0 Å². The fraction of sp³-hybridized carbons (Fsp3) is 0.211. The van der Waals surface area contributed by atoms with Crippen molar-refractivity contribution >= 4 is 18.1 Å². The molecule has 2 aromatic rings. The van der Waals surface area contributed by atoms with Gasteiger partial charge in [0.25, 0.3) is 0 Å². The summed E-state index contributed by atoms with van der Waals surface area (Å²) in [4.78, 5) is 35.2. The summed E-state index contributed by atoms with van der Waals surface area (Å²) < 4.78 is 8.91. The maximum absolute atomic E-state index is 11.8. The van der Waals surface area contributed by atoms with Gasteiger partial charge in [-0.1, -0.05) is 60.7 Å². The number of rotatable bonds is 6. The highest BCUT2D eigenvalue weighted by atomic mass is 16.8. The van der Waals surface area contributed by atoms with E-state index in [2.05, 4.69) is 9.47 Å². The number of esters is 2. The number of nitrogens with two attached hydrogens (primary N) is 2. The van der Waals surface area contributed by atoms with Crippen LogP contribution in [-0.4, -0.2) is 30.2 Å². The van der Waals surface area contributed by atoms with Crippen LogP contribution in [0.25, 0.3) is 0 Å². The predicted molar refractivity (Wildman–Crippen MR) is 93.8 cm³/mol. The second-order valence-electron chi connectivity index (χ2n) is 5.68. The van der Waals surface area contributed by atoms with Crippen LogP contribution < -0.4 is 11.5 Å². The van der Waals surface area contributed by atoms with Crippen LogP contribution in [0, 0.1) is 0 Å². The molecule has 0 saturated heterocycles. The molecule has 2 aromatic carbocycles. The van der Waals surface area contributed by atoms with Crippen LogP contribution >= 0.6 is 0 Å². The first kappa shape index (κ1) is 19.3. The van der Waals surface area contributed by atoms with Gasteiger partial charge in [0.2, 0.25) is 0 Å². The molecule has 0 saturated carbocycles. The highest BCUT2D eigenvalue weighted by Crippen LogP contribution is 2.05. The first-order valence-electron chi connectivity index (χ1n) is 8.02. The summed E-state index contributed by atoms with van der Waals surface area (Å²) in [5, 5.41) is 0. The summed E-state index contributed by atoms with van der Waals surface area (Å²) >= 11 is 0. The minimum absolute atomic E-state index is 0.189. The summed E-state index contributed by atoms with van der Waals surface area (Å²) in [6.07, 6.45) is -1.06. The Hall–Kier alpha value is -3.03. The molecule has 0 spiro atoms. The predicted octanol–water partition coefficient (Wildman–Crippen LogP) is 1.33. The third kappa shape index (κ3) is 6.12. The van der Waals surface area contributed by atoms with E-state index in [-0.39, 0.29) is 12.8 Å². The van der Waals surface area contributed by atoms with E-state index in [1.54, 1.807) is 48.5 Å². The molecule has 4 N–H and O–H groups in total. The number of hydrogen-bond acceptors (Lipinski definition) is 7. The van der Waals surface area contributed by atoms with Gasteiger partial charge in [-0.25, -0.2) is 14.4 Å². The molecule has 7 nitrogen and oxygen atoms in total. The smallest absolute Gasteiger partial charge is 0.359 e. The first-order chi connectivity index (χ1) is 12.5. The number of carbonyl (C=O) groups is 3. The van der Waals surface area contributed by atoms with E-state index in [1.165, 1.54) is 0 Å². The fourth-order valence-corrected chi connectivity index (χ4v) is 2.24. The number of benzene rings is 2. The average Bonchev–Trinajstić information content (AvgIpc) is 2.63. The van der Waals surface area contributed by atoms with E-state index in [0.717, 1.165) is 11.1 Å². The van der Waals surface area contributed by atoms with Crippen molar-refractivity contribution in [2.75, 3.05) is 0 Å². The highest BCUT2D eigenvalue weighted by Gasteiger charge is 2.24. The zero-order chi connectivity index (χ0) is 18.9. The molecule has 0 aliphatic heterocycles. The van der Waals surface area contributed by atoms with E-state index in [4.69, 9.17) is 11.5 Å². The van der Waals surface area contributed by atoms with E-state index in [9.17, 15) is 14.4 Å². The summed E-state index contributed by atoms with van der Waals surface area (Å²) in [6.45, 7) is 0. The van der Waals surface area contributed by atoms with Gasteiger partial charge >= 0.3 is 18.1 Å². The standard InChI is InChI=1S/C19H20N2O5/c20-15(11-13-7-3-1-4-8-13)17(22)25-19(24)26-18(23)16(21)12-14-9-5-2-6-10-14/h1-10,15-16H,11-12,20-21H2/t15-,16-/m0/s1. The van der Waals surface area contributed by atoms with Crippen LogP contribution in [0.3, 0.4) is 0 Å². The summed E-state index contributed by atoms with van der Waals surface area (Å²) in [6, 6.07) is 15.9. The molecule has 136 valence electrons. The van der Waals surface area contributed by atoms with Gasteiger partial charge in [-0.2, -0.15) is 0 Å². The Morgan fingerprint density at radius 1 is 0.692 bits per heavy atom. The lowest BCUT2D eigenvalue weighted by Gasteiger charge is -2.12. The van der Waals surface area contributed by atoms with Crippen molar-refractivity contribution in [3.63, 3.8) is 0 Å². The third-order valence-electron chi connectivity index (χ3n) is 3.57. The molecule has 0 fully saturated rings. The molecular formula is C19H20N2O5. The lowest BCUT2D eigenvalue weighted by atomic mass is 10.1. The normalized spacial score (nSPS) is 12.7. The molecule has 0 heterocycles. The van der Waals surface area contributed by atoms with Crippen molar-refractivity contribution in [1.82, 2.24) is 0 Å². The third-order valence-corrected chi connectivity index (χ3v) is 3.57. The van der Waals surface area contributed by atoms with Gasteiger partial charge in [-0.3, -0.25) is 0 Å². The Labute approximate surface area is 150 Å². The Morgan fingerprint density at radius 3 is 1.38 bits per heavy atom. The van der Waals surface area contributed by atoms with E-state index < -0.39 is 30.2 Å². The molecule has 0 aliphatic carbocycles. The van der Waals surface area contributed by atoms with Crippen molar-refractivity contribution in [1.29, 1.82) is 0 Å².